The lowest BCUT2D eigenvalue weighted by Gasteiger charge is -2.24. The maximum Gasteiger partial charge on any atom is 0.0459 e. The van der Waals surface area contributed by atoms with E-state index in [1.165, 1.54) is 33.2 Å². The summed E-state index contributed by atoms with van der Waals surface area (Å²) < 4.78 is 0. The Morgan fingerprint density at radius 3 is 2.92 bits per heavy atom. The van der Waals surface area contributed by atoms with Crippen molar-refractivity contribution in [3.05, 3.63) is 83.6 Å². The van der Waals surface area contributed by atoms with E-state index in [4.69, 9.17) is 0 Å². The number of aromatic nitrogens is 1. The Hall–Kier alpha value is -2.58. The SMILES string of the molecule is Cc1ccccc1C1=CCNC(C/C=C/c2cccc3[nH]ccc23)C1. The topological polar surface area (TPSA) is 27.8 Å². The summed E-state index contributed by atoms with van der Waals surface area (Å²) in [6.07, 6.45) is 11.0. The molecule has 1 aliphatic heterocycles. The van der Waals surface area contributed by atoms with Crippen molar-refractivity contribution >= 4 is 22.6 Å². The summed E-state index contributed by atoms with van der Waals surface area (Å²) in [5.74, 6) is 0. The van der Waals surface area contributed by atoms with Crippen LogP contribution in [-0.4, -0.2) is 17.6 Å². The molecule has 0 aliphatic carbocycles. The second-order valence-corrected chi connectivity index (χ2v) is 6.78. The van der Waals surface area contributed by atoms with Gasteiger partial charge in [0, 0.05) is 29.7 Å². The fraction of sp³-hybridized carbons (Fsp3) is 0.217. The van der Waals surface area contributed by atoms with E-state index >= 15 is 0 Å². The number of hydrogen-bond acceptors (Lipinski definition) is 1. The van der Waals surface area contributed by atoms with Crippen molar-refractivity contribution in [3.63, 3.8) is 0 Å². The van der Waals surface area contributed by atoms with Gasteiger partial charge in [0.1, 0.15) is 0 Å². The van der Waals surface area contributed by atoms with Gasteiger partial charge in [0.05, 0.1) is 0 Å². The van der Waals surface area contributed by atoms with Gasteiger partial charge in [-0.15, -0.1) is 0 Å². The lowest BCUT2D eigenvalue weighted by molar-refractivity contribution is 0.542. The van der Waals surface area contributed by atoms with Crippen molar-refractivity contribution in [1.82, 2.24) is 10.3 Å². The molecule has 0 saturated carbocycles. The first-order valence-electron chi connectivity index (χ1n) is 9.02. The summed E-state index contributed by atoms with van der Waals surface area (Å²) in [4.78, 5) is 3.28. The first-order valence-corrected chi connectivity index (χ1v) is 9.02. The van der Waals surface area contributed by atoms with Gasteiger partial charge in [0.25, 0.3) is 0 Å². The first kappa shape index (κ1) is 15.9. The highest BCUT2D eigenvalue weighted by Crippen LogP contribution is 2.26. The number of aryl methyl sites for hydroxylation is 1. The molecule has 3 aromatic rings. The third-order valence-corrected chi connectivity index (χ3v) is 5.06. The number of rotatable bonds is 4. The highest BCUT2D eigenvalue weighted by Gasteiger charge is 2.15. The minimum atomic E-state index is 0.501. The molecular formula is C23H24N2. The van der Waals surface area contributed by atoms with Crippen molar-refractivity contribution in [2.24, 2.45) is 0 Å². The maximum absolute atomic E-state index is 3.62. The molecule has 2 nitrogen and oxygen atoms in total. The summed E-state index contributed by atoms with van der Waals surface area (Å²) in [5, 5.41) is 4.91. The summed E-state index contributed by atoms with van der Waals surface area (Å²) >= 11 is 0. The van der Waals surface area contributed by atoms with E-state index in [0.29, 0.717) is 6.04 Å². The molecule has 25 heavy (non-hydrogen) atoms. The van der Waals surface area contributed by atoms with Crippen LogP contribution < -0.4 is 5.32 Å². The fourth-order valence-corrected chi connectivity index (χ4v) is 3.70. The average molecular weight is 328 g/mol. The smallest absolute Gasteiger partial charge is 0.0459 e. The van der Waals surface area contributed by atoms with Gasteiger partial charge in [-0.1, -0.05) is 54.6 Å². The summed E-state index contributed by atoms with van der Waals surface area (Å²) in [7, 11) is 0. The normalized spacial score (nSPS) is 18.0. The van der Waals surface area contributed by atoms with E-state index in [9.17, 15) is 0 Å². The molecule has 2 heterocycles. The quantitative estimate of drug-likeness (QED) is 0.666. The predicted molar refractivity (Wildman–Crippen MR) is 108 cm³/mol. The van der Waals surface area contributed by atoms with Crippen LogP contribution in [-0.2, 0) is 0 Å². The lowest BCUT2D eigenvalue weighted by atomic mass is 9.91. The molecule has 0 fully saturated rings. The van der Waals surface area contributed by atoms with Crippen LogP contribution in [0.15, 0.2) is 66.9 Å². The molecule has 2 aromatic carbocycles. The summed E-state index contributed by atoms with van der Waals surface area (Å²) in [6, 6.07) is 17.7. The van der Waals surface area contributed by atoms with E-state index in [-0.39, 0.29) is 0 Å². The van der Waals surface area contributed by atoms with Crippen molar-refractivity contribution in [2.45, 2.75) is 25.8 Å². The molecule has 0 saturated heterocycles. The van der Waals surface area contributed by atoms with Crippen molar-refractivity contribution < 1.29 is 0 Å². The molecule has 0 amide bonds. The molecule has 0 spiro atoms. The Labute approximate surface area is 149 Å². The van der Waals surface area contributed by atoms with E-state index in [2.05, 4.69) is 84.0 Å². The van der Waals surface area contributed by atoms with Crippen LogP contribution in [0.5, 0.6) is 0 Å². The minimum absolute atomic E-state index is 0.501. The zero-order chi connectivity index (χ0) is 17.1. The Kier molecular flexibility index (Phi) is 4.53. The zero-order valence-electron chi connectivity index (χ0n) is 14.6. The Morgan fingerprint density at radius 2 is 2.00 bits per heavy atom. The molecule has 1 aliphatic rings. The number of hydrogen-bond donors (Lipinski definition) is 2. The molecular weight excluding hydrogens is 304 g/mol. The molecule has 2 N–H and O–H groups in total. The zero-order valence-corrected chi connectivity index (χ0v) is 14.6. The first-order chi connectivity index (χ1) is 12.3. The standard InChI is InChI=1S/C23H24N2/c1-17-6-2-3-10-21(17)19-12-14-24-20(16-19)9-4-7-18-8-5-11-23-22(18)13-15-25-23/h2-8,10-13,15,20,24-25H,9,14,16H2,1H3/b7-4+. The highest BCUT2D eigenvalue weighted by molar-refractivity contribution is 5.88. The monoisotopic (exact) mass is 328 g/mol. The second-order valence-electron chi connectivity index (χ2n) is 6.78. The van der Waals surface area contributed by atoms with Crippen LogP contribution >= 0.6 is 0 Å². The number of nitrogens with one attached hydrogen (secondary N) is 2. The van der Waals surface area contributed by atoms with Gasteiger partial charge >= 0.3 is 0 Å². The van der Waals surface area contributed by atoms with Gasteiger partial charge in [0.15, 0.2) is 0 Å². The minimum Gasteiger partial charge on any atom is -0.361 e. The molecule has 0 bridgehead atoms. The Morgan fingerprint density at radius 1 is 1.08 bits per heavy atom. The van der Waals surface area contributed by atoms with E-state index in [0.717, 1.165) is 19.4 Å². The van der Waals surface area contributed by atoms with Crippen LogP contribution in [0, 0.1) is 6.92 Å². The molecule has 1 unspecified atom stereocenters. The predicted octanol–water partition coefficient (Wildman–Crippen LogP) is 5.33. The van der Waals surface area contributed by atoms with Crippen molar-refractivity contribution in [2.75, 3.05) is 6.54 Å². The number of fused-ring (bicyclic) bond motifs is 1. The van der Waals surface area contributed by atoms with Crippen molar-refractivity contribution in [1.29, 1.82) is 0 Å². The molecule has 4 rings (SSSR count). The van der Waals surface area contributed by atoms with E-state index < -0.39 is 0 Å². The van der Waals surface area contributed by atoms with Gasteiger partial charge in [-0.2, -0.15) is 0 Å². The largest absolute Gasteiger partial charge is 0.361 e. The van der Waals surface area contributed by atoms with Gasteiger partial charge < -0.3 is 10.3 Å². The average Bonchev–Trinajstić information content (AvgIpc) is 3.12. The third kappa shape index (κ3) is 3.45. The fourth-order valence-electron chi connectivity index (χ4n) is 3.70. The van der Waals surface area contributed by atoms with Gasteiger partial charge in [-0.25, -0.2) is 0 Å². The number of benzene rings is 2. The Balaban J connectivity index is 1.45. The van der Waals surface area contributed by atoms with Crippen LogP contribution in [0.1, 0.15) is 29.5 Å². The molecule has 0 radical (unpaired) electrons. The molecule has 1 atom stereocenters. The van der Waals surface area contributed by atoms with E-state index in [1.807, 2.05) is 6.20 Å². The van der Waals surface area contributed by atoms with Crippen LogP contribution in [0.4, 0.5) is 0 Å². The Bertz CT molecular complexity index is 930. The summed E-state index contributed by atoms with van der Waals surface area (Å²) in [6.45, 7) is 3.15. The highest BCUT2D eigenvalue weighted by atomic mass is 14.9. The van der Waals surface area contributed by atoms with Gasteiger partial charge in [-0.05, 0) is 54.2 Å². The number of aromatic amines is 1. The van der Waals surface area contributed by atoms with Crippen LogP contribution in [0.25, 0.3) is 22.6 Å². The molecule has 2 heteroatoms. The molecule has 1 aromatic heterocycles. The van der Waals surface area contributed by atoms with Crippen LogP contribution in [0.2, 0.25) is 0 Å². The second kappa shape index (κ2) is 7.12. The van der Waals surface area contributed by atoms with Gasteiger partial charge in [0.2, 0.25) is 0 Å². The third-order valence-electron chi connectivity index (χ3n) is 5.06. The van der Waals surface area contributed by atoms with Crippen molar-refractivity contribution in [3.8, 4) is 0 Å². The maximum atomic E-state index is 3.62. The van der Waals surface area contributed by atoms with E-state index in [1.54, 1.807) is 0 Å². The van der Waals surface area contributed by atoms with Crippen LogP contribution in [0.3, 0.4) is 0 Å². The molecule has 126 valence electrons. The summed E-state index contributed by atoms with van der Waals surface area (Å²) in [5.41, 5.74) is 6.72. The number of H-pyrrole nitrogens is 1. The lowest BCUT2D eigenvalue weighted by Crippen LogP contribution is -2.32. The van der Waals surface area contributed by atoms with Gasteiger partial charge in [-0.3, -0.25) is 0 Å².